The average Bonchev–Trinajstić information content (AvgIpc) is 2.63. The number of benzene rings is 1. The highest BCUT2D eigenvalue weighted by Gasteiger charge is 2.27. The Bertz CT molecular complexity index is 844. The Morgan fingerprint density at radius 2 is 2.03 bits per heavy atom. The van der Waals surface area contributed by atoms with E-state index in [1.807, 2.05) is 0 Å². The van der Waals surface area contributed by atoms with Crippen molar-refractivity contribution in [3.05, 3.63) is 28.2 Å². The van der Waals surface area contributed by atoms with E-state index in [2.05, 4.69) is 25.2 Å². The molecule has 2 aromatic rings. The largest absolute Gasteiger partial charge is 0.411 e. The maximum absolute atomic E-state index is 12.0. The minimum Gasteiger partial charge on any atom is -0.389 e. The van der Waals surface area contributed by atoms with Crippen LogP contribution in [0.4, 0.5) is 24.9 Å². The van der Waals surface area contributed by atoms with Crippen LogP contribution in [-0.2, 0) is 4.74 Å². The van der Waals surface area contributed by atoms with Gasteiger partial charge in [-0.3, -0.25) is 0 Å². The van der Waals surface area contributed by atoms with E-state index < -0.39 is 25.5 Å². The minimum atomic E-state index is -4.42. The van der Waals surface area contributed by atoms with Crippen molar-refractivity contribution in [2.24, 2.45) is 0 Å². The van der Waals surface area contributed by atoms with Gasteiger partial charge in [0.15, 0.2) is 5.82 Å². The van der Waals surface area contributed by atoms with Crippen LogP contribution in [0.15, 0.2) is 18.2 Å². The summed E-state index contributed by atoms with van der Waals surface area (Å²) in [5.74, 6) is 0.305. The molecule has 166 valence electrons. The number of nitrogens with zero attached hydrogens (tertiary/aromatic N) is 4. The Labute approximate surface area is 181 Å². The van der Waals surface area contributed by atoms with Gasteiger partial charge >= 0.3 is 6.18 Å². The van der Waals surface area contributed by atoms with Gasteiger partial charge < -0.3 is 25.8 Å². The second-order valence-electron chi connectivity index (χ2n) is 6.44. The summed E-state index contributed by atoms with van der Waals surface area (Å²) in [6.07, 6.45) is -5.47. The van der Waals surface area contributed by atoms with Crippen molar-refractivity contribution in [2.75, 3.05) is 50.9 Å². The van der Waals surface area contributed by atoms with Gasteiger partial charge in [-0.25, -0.2) is 0 Å². The molecule has 0 aliphatic carbocycles. The van der Waals surface area contributed by atoms with E-state index >= 15 is 0 Å². The molecule has 0 amide bonds. The zero-order valence-corrected chi connectivity index (χ0v) is 17.5. The molecule has 8 nitrogen and oxygen atoms in total. The lowest BCUT2D eigenvalue weighted by Gasteiger charge is -2.21. The number of alkyl halides is 3. The lowest BCUT2D eigenvalue weighted by atomic mass is 10.1. The fourth-order valence-electron chi connectivity index (χ4n) is 2.46. The Balaban J connectivity index is 1.81. The van der Waals surface area contributed by atoms with E-state index in [9.17, 15) is 18.3 Å². The first-order valence-corrected chi connectivity index (χ1v) is 9.52. The summed E-state index contributed by atoms with van der Waals surface area (Å²) < 4.78 is 40.5. The molecule has 0 radical (unpaired) electrons. The molecule has 0 saturated heterocycles. The molecule has 13 heteroatoms. The number of likely N-dealkylation sites (N-methyl/N-ethyl adjacent to an activating group) is 1. The molecule has 1 aromatic heterocycles. The highest BCUT2D eigenvalue weighted by atomic mass is 35.5. The van der Waals surface area contributed by atoms with Crippen LogP contribution in [-0.4, -0.2) is 77.4 Å². The summed E-state index contributed by atoms with van der Waals surface area (Å²) in [7, 11) is 1.70. The molecule has 1 heterocycles. The molecule has 30 heavy (non-hydrogen) atoms. The summed E-state index contributed by atoms with van der Waals surface area (Å²) in [4.78, 5) is 5.85. The molecule has 0 fully saturated rings. The summed E-state index contributed by atoms with van der Waals surface area (Å²) in [6.45, 7) is -0.842. The Morgan fingerprint density at radius 1 is 1.30 bits per heavy atom. The summed E-state index contributed by atoms with van der Waals surface area (Å²) >= 11 is 12.2. The number of nitrogen functional groups attached to an aromatic ring is 1. The maximum atomic E-state index is 12.0. The van der Waals surface area contributed by atoms with Gasteiger partial charge in [0.1, 0.15) is 12.3 Å². The van der Waals surface area contributed by atoms with Crippen molar-refractivity contribution >= 4 is 35.0 Å². The number of ether oxygens (including phenoxy) is 1. The van der Waals surface area contributed by atoms with Crippen LogP contribution < -0.4 is 11.1 Å². The van der Waals surface area contributed by atoms with Crippen molar-refractivity contribution in [3.63, 3.8) is 0 Å². The summed E-state index contributed by atoms with van der Waals surface area (Å²) in [6, 6.07) is 5.04. The van der Waals surface area contributed by atoms with Crippen LogP contribution in [0.3, 0.4) is 0 Å². The third-order valence-corrected chi connectivity index (χ3v) is 4.61. The van der Waals surface area contributed by atoms with Gasteiger partial charge in [0.2, 0.25) is 5.95 Å². The van der Waals surface area contributed by atoms with Gasteiger partial charge in [-0.15, -0.1) is 10.2 Å². The van der Waals surface area contributed by atoms with Crippen molar-refractivity contribution in [3.8, 4) is 11.3 Å². The number of aliphatic hydroxyl groups is 1. The number of nitrogens with two attached hydrogens (primary N) is 1. The number of aliphatic hydroxyl groups excluding tert-OH is 1. The van der Waals surface area contributed by atoms with E-state index in [0.29, 0.717) is 34.4 Å². The predicted molar refractivity (Wildman–Crippen MR) is 109 cm³/mol. The fourth-order valence-corrected chi connectivity index (χ4v) is 2.85. The van der Waals surface area contributed by atoms with E-state index in [1.165, 1.54) is 0 Å². The fraction of sp³-hybridized carbons (Fsp3) is 0.471. The number of nitrogens with one attached hydrogen (secondary N) is 1. The number of rotatable bonds is 10. The molecule has 1 atom stereocenters. The van der Waals surface area contributed by atoms with Crippen molar-refractivity contribution in [1.82, 2.24) is 20.1 Å². The molecule has 0 spiro atoms. The first-order chi connectivity index (χ1) is 14.1. The smallest absolute Gasteiger partial charge is 0.389 e. The Kier molecular flexibility index (Phi) is 8.86. The van der Waals surface area contributed by atoms with Gasteiger partial charge in [0.25, 0.3) is 0 Å². The van der Waals surface area contributed by atoms with E-state index in [4.69, 9.17) is 28.9 Å². The molecular formula is C17H21Cl2F3N6O2. The molecule has 2 rings (SSSR count). The molecule has 0 aliphatic rings. The Hall–Kier alpha value is -1.92. The molecule has 1 aromatic carbocycles. The first-order valence-electron chi connectivity index (χ1n) is 8.76. The SMILES string of the molecule is CN(CCNc1nnc(-c2cccc(Cl)c2Cl)c(N)n1)CC(O)COCC(F)(F)F. The maximum Gasteiger partial charge on any atom is 0.411 e. The number of hydrogen-bond donors (Lipinski definition) is 3. The second-order valence-corrected chi connectivity index (χ2v) is 7.23. The van der Waals surface area contributed by atoms with Crippen LogP contribution in [0.2, 0.25) is 10.0 Å². The lowest BCUT2D eigenvalue weighted by molar-refractivity contribution is -0.179. The highest BCUT2D eigenvalue weighted by Crippen LogP contribution is 2.34. The van der Waals surface area contributed by atoms with Crippen molar-refractivity contribution in [1.29, 1.82) is 0 Å². The number of halogens is 5. The lowest BCUT2D eigenvalue weighted by Crippen LogP contribution is -2.35. The average molecular weight is 469 g/mol. The van der Waals surface area contributed by atoms with Gasteiger partial charge in [-0.2, -0.15) is 18.2 Å². The number of aromatic nitrogens is 3. The summed E-state index contributed by atoms with van der Waals surface area (Å²) in [5, 5.41) is 21.3. The Morgan fingerprint density at radius 3 is 2.70 bits per heavy atom. The topological polar surface area (TPSA) is 109 Å². The molecular weight excluding hydrogens is 448 g/mol. The summed E-state index contributed by atoms with van der Waals surface area (Å²) in [5.41, 5.74) is 6.76. The zero-order valence-electron chi connectivity index (χ0n) is 16.0. The van der Waals surface area contributed by atoms with Crippen molar-refractivity contribution < 1.29 is 23.0 Å². The normalized spacial score (nSPS) is 12.9. The zero-order chi connectivity index (χ0) is 22.3. The van der Waals surface area contributed by atoms with Crippen LogP contribution >= 0.6 is 23.2 Å². The molecule has 1 unspecified atom stereocenters. The number of anilines is 2. The highest BCUT2D eigenvalue weighted by molar-refractivity contribution is 6.43. The van der Waals surface area contributed by atoms with Gasteiger partial charge in [-0.1, -0.05) is 35.3 Å². The number of hydrogen-bond acceptors (Lipinski definition) is 8. The first kappa shape index (κ1) is 24.4. The quantitative estimate of drug-likeness (QED) is 0.488. The molecule has 0 aliphatic heterocycles. The van der Waals surface area contributed by atoms with E-state index in [1.54, 1.807) is 30.1 Å². The van der Waals surface area contributed by atoms with Gasteiger partial charge in [0, 0.05) is 25.2 Å². The standard InChI is InChI=1S/C17H21Cl2F3N6O2/c1-28(7-10(29)8-30-9-17(20,21)22)6-5-24-16-25-15(23)14(26-27-16)11-3-2-4-12(18)13(11)19/h2-4,10,29H,5-9H2,1H3,(H3,23,24,25,27). The van der Waals surface area contributed by atoms with Gasteiger partial charge in [0.05, 0.1) is 22.8 Å². The molecule has 0 saturated carbocycles. The van der Waals surface area contributed by atoms with E-state index in [-0.39, 0.29) is 18.3 Å². The van der Waals surface area contributed by atoms with Crippen LogP contribution in [0, 0.1) is 0 Å². The van der Waals surface area contributed by atoms with Crippen molar-refractivity contribution in [2.45, 2.75) is 12.3 Å². The third kappa shape index (κ3) is 7.73. The third-order valence-electron chi connectivity index (χ3n) is 3.80. The minimum absolute atomic E-state index is 0.113. The van der Waals surface area contributed by atoms with Gasteiger partial charge in [-0.05, 0) is 13.1 Å². The van der Waals surface area contributed by atoms with Crippen LogP contribution in [0.5, 0.6) is 0 Å². The second kappa shape index (κ2) is 10.9. The molecule has 4 N–H and O–H groups in total. The monoisotopic (exact) mass is 468 g/mol. The predicted octanol–water partition coefficient (Wildman–Crippen LogP) is 2.71. The van der Waals surface area contributed by atoms with Crippen LogP contribution in [0.1, 0.15) is 0 Å². The van der Waals surface area contributed by atoms with Crippen LogP contribution in [0.25, 0.3) is 11.3 Å². The molecule has 0 bridgehead atoms. The van der Waals surface area contributed by atoms with E-state index in [0.717, 1.165) is 0 Å².